The number of carbonyl (C=O) groups is 2. The summed E-state index contributed by atoms with van der Waals surface area (Å²) in [5.74, 6) is -3.89. The molecule has 2 aromatic carbocycles. The van der Waals surface area contributed by atoms with Crippen LogP contribution < -0.4 is 10.9 Å². The largest absolute Gasteiger partial charge is 0.481 e. The molecule has 30 heavy (non-hydrogen) atoms. The van der Waals surface area contributed by atoms with Crippen LogP contribution in [0.5, 0.6) is 0 Å². The number of H-pyrrole nitrogens is 1. The predicted octanol–water partition coefficient (Wildman–Crippen LogP) is 3.70. The van der Waals surface area contributed by atoms with Crippen molar-refractivity contribution in [3.05, 3.63) is 85.8 Å². The first-order chi connectivity index (χ1) is 14.2. The van der Waals surface area contributed by atoms with Crippen molar-refractivity contribution in [3.8, 4) is 5.69 Å². The molecule has 11 heteroatoms. The Morgan fingerprint density at radius 3 is 2.57 bits per heavy atom. The number of benzene rings is 2. The van der Waals surface area contributed by atoms with Crippen LogP contribution in [0.25, 0.3) is 5.69 Å². The summed E-state index contributed by atoms with van der Waals surface area (Å²) in [6.07, 6.45) is -0.511. The van der Waals surface area contributed by atoms with E-state index in [9.17, 15) is 28.3 Å². The van der Waals surface area contributed by atoms with Crippen molar-refractivity contribution in [2.24, 2.45) is 0 Å². The molecule has 0 aliphatic rings. The second-order valence-corrected chi connectivity index (χ2v) is 6.99. The molecule has 0 unspecified atom stereocenters. The maximum absolute atomic E-state index is 14.0. The maximum Gasteiger partial charge on any atom is 0.305 e. The van der Waals surface area contributed by atoms with Gasteiger partial charge in [-0.3, -0.25) is 19.5 Å². The van der Waals surface area contributed by atoms with Crippen LogP contribution in [0.15, 0.2) is 47.3 Å². The molecule has 0 aliphatic heterocycles. The lowest BCUT2D eigenvalue weighted by Crippen LogP contribution is -2.30. The Labute approximate surface area is 177 Å². The Kier molecular flexibility index (Phi) is 6.23. The highest BCUT2D eigenvalue weighted by Gasteiger charge is 2.23. The summed E-state index contributed by atoms with van der Waals surface area (Å²) in [6, 6.07) is 6.96. The Bertz CT molecular complexity index is 1190. The fraction of sp³-hybridized carbons (Fsp3) is 0.105. The number of carboxylic acid groups (broad SMARTS) is 1. The summed E-state index contributed by atoms with van der Waals surface area (Å²) in [5, 5.41) is 14.3. The van der Waals surface area contributed by atoms with Crippen LogP contribution in [-0.2, 0) is 4.79 Å². The van der Waals surface area contributed by atoms with E-state index in [1.165, 1.54) is 12.1 Å². The Morgan fingerprint density at radius 1 is 1.17 bits per heavy atom. The molecular formula is C19H13Cl2F2N3O4. The van der Waals surface area contributed by atoms with E-state index < -0.39 is 41.5 Å². The number of aromatic nitrogens is 2. The van der Waals surface area contributed by atoms with Gasteiger partial charge in [-0.05, 0) is 23.8 Å². The summed E-state index contributed by atoms with van der Waals surface area (Å²) in [6.45, 7) is 0. The zero-order chi connectivity index (χ0) is 22.0. The first-order valence-corrected chi connectivity index (χ1v) is 9.17. The summed E-state index contributed by atoms with van der Waals surface area (Å²) in [7, 11) is 0. The van der Waals surface area contributed by atoms with Gasteiger partial charge in [0.25, 0.3) is 11.5 Å². The first kappa shape index (κ1) is 21.5. The van der Waals surface area contributed by atoms with Crippen LogP contribution in [0.2, 0.25) is 10.0 Å². The molecule has 1 aromatic heterocycles. The summed E-state index contributed by atoms with van der Waals surface area (Å²) < 4.78 is 27.8. The number of nitrogens with zero attached hydrogens (tertiary/aromatic N) is 1. The van der Waals surface area contributed by atoms with Crippen LogP contribution >= 0.6 is 23.2 Å². The zero-order valence-electron chi connectivity index (χ0n) is 15.0. The molecule has 156 valence electrons. The van der Waals surface area contributed by atoms with Crippen LogP contribution in [-0.4, -0.2) is 26.8 Å². The van der Waals surface area contributed by atoms with Crippen molar-refractivity contribution < 1.29 is 23.5 Å². The second kappa shape index (κ2) is 8.68. The van der Waals surface area contributed by atoms with E-state index in [4.69, 9.17) is 23.2 Å². The van der Waals surface area contributed by atoms with E-state index in [1.54, 1.807) is 6.07 Å². The maximum atomic E-state index is 14.0. The van der Waals surface area contributed by atoms with E-state index in [1.807, 2.05) is 0 Å². The van der Waals surface area contributed by atoms with Gasteiger partial charge in [0.05, 0.1) is 22.5 Å². The summed E-state index contributed by atoms with van der Waals surface area (Å²) in [5.41, 5.74) is -1.06. The van der Waals surface area contributed by atoms with Crippen LogP contribution in [0.3, 0.4) is 0 Å². The normalized spacial score (nSPS) is 11.9. The van der Waals surface area contributed by atoms with Gasteiger partial charge in [0, 0.05) is 12.1 Å². The predicted molar refractivity (Wildman–Crippen MR) is 105 cm³/mol. The van der Waals surface area contributed by atoms with Gasteiger partial charge in [-0.1, -0.05) is 35.3 Å². The standard InChI is InChI=1S/C19H13Cl2F2N3O4/c20-11-3-1-2-10(18(11)21)13(8-17(28)29)24-19(30)14-7-16(27)26(25-14)15-5-4-9(22)6-12(15)23/h1-7,13,25H,8H2,(H,24,30)(H,28,29)/t13-/m0/s1. The van der Waals surface area contributed by atoms with E-state index >= 15 is 0 Å². The molecule has 0 fully saturated rings. The van der Waals surface area contributed by atoms with Gasteiger partial charge >= 0.3 is 5.97 Å². The van der Waals surface area contributed by atoms with Gasteiger partial charge in [-0.25, -0.2) is 13.5 Å². The fourth-order valence-corrected chi connectivity index (χ4v) is 3.23. The molecular weight excluding hydrogens is 443 g/mol. The minimum Gasteiger partial charge on any atom is -0.481 e. The van der Waals surface area contributed by atoms with Crippen molar-refractivity contribution in [2.45, 2.75) is 12.5 Å². The van der Waals surface area contributed by atoms with Crippen molar-refractivity contribution in [1.82, 2.24) is 15.1 Å². The molecule has 3 aromatic rings. The van der Waals surface area contributed by atoms with Crippen molar-refractivity contribution in [1.29, 1.82) is 0 Å². The average molecular weight is 456 g/mol. The SMILES string of the molecule is O=C(O)C[C@H](NC(=O)c1cc(=O)n(-c2ccc(F)cc2F)[nH]1)c1cccc(Cl)c1Cl. The van der Waals surface area contributed by atoms with Crippen LogP contribution in [0, 0.1) is 11.6 Å². The number of hydrogen-bond acceptors (Lipinski definition) is 3. The third-order valence-corrected chi connectivity index (χ3v) is 4.99. The zero-order valence-corrected chi connectivity index (χ0v) is 16.5. The fourth-order valence-electron chi connectivity index (χ4n) is 2.79. The number of amides is 1. The van der Waals surface area contributed by atoms with E-state index in [2.05, 4.69) is 10.4 Å². The molecule has 1 amide bonds. The number of carbonyl (C=O) groups excluding carboxylic acids is 1. The van der Waals surface area contributed by atoms with Gasteiger partial charge in [-0.2, -0.15) is 0 Å². The molecule has 0 bridgehead atoms. The van der Waals surface area contributed by atoms with Gasteiger partial charge < -0.3 is 10.4 Å². The quantitative estimate of drug-likeness (QED) is 0.526. The molecule has 7 nitrogen and oxygen atoms in total. The van der Waals surface area contributed by atoms with Gasteiger partial charge in [-0.15, -0.1) is 0 Å². The van der Waals surface area contributed by atoms with E-state index in [-0.39, 0.29) is 27.0 Å². The van der Waals surface area contributed by atoms with E-state index in [0.717, 1.165) is 22.9 Å². The topological polar surface area (TPSA) is 104 Å². The molecule has 0 saturated heterocycles. The number of rotatable bonds is 6. The number of aliphatic carboxylic acids is 1. The lowest BCUT2D eigenvalue weighted by Gasteiger charge is -2.18. The highest BCUT2D eigenvalue weighted by molar-refractivity contribution is 6.42. The number of aromatic amines is 1. The lowest BCUT2D eigenvalue weighted by atomic mass is 10.0. The van der Waals surface area contributed by atoms with Crippen LogP contribution in [0.4, 0.5) is 8.78 Å². The van der Waals surface area contributed by atoms with Gasteiger partial charge in [0.2, 0.25) is 0 Å². The van der Waals surface area contributed by atoms with Crippen LogP contribution in [0.1, 0.15) is 28.5 Å². The molecule has 0 saturated carbocycles. The Morgan fingerprint density at radius 2 is 1.90 bits per heavy atom. The minimum absolute atomic E-state index is 0.0742. The third kappa shape index (κ3) is 4.52. The molecule has 3 N–H and O–H groups in total. The number of hydrogen-bond donors (Lipinski definition) is 3. The monoisotopic (exact) mass is 455 g/mol. The molecule has 1 heterocycles. The number of carboxylic acids is 1. The Hall–Kier alpha value is -3.17. The first-order valence-electron chi connectivity index (χ1n) is 8.41. The smallest absolute Gasteiger partial charge is 0.305 e. The molecule has 3 rings (SSSR count). The number of halogens is 4. The molecule has 1 atom stereocenters. The average Bonchev–Trinajstić information content (AvgIpc) is 3.05. The minimum atomic E-state index is -1.21. The third-order valence-electron chi connectivity index (χ3n) is 4.16. The summed E-state index contributed by atoms with van der Waals surface area (Å²) in [4.78, 5) is 36.0. The number of nitrogens with one attached hydrogen (secondary N) is 2. The van der Waals surface area contributed by atoms with Crippen molar-refractivity contribution in [3.63, 3.8) is 0 Å². The molecule has 0 radical (unpaired) electrons. The second-order valence-electron chi connectivity index (χ2n) is 6.21. The van der Waals surface area contributed by atoms with E-state index in [0.29, 0.717) is 6.07 Å². The van der Waals surface area contributed by atoms with Crippen molar-refractivity contribution in [2.75, 3.05) is 0 Å². The highest BCUT2D eigenvalue weighted by Crippen LogP contribution is 2.31. The molecule has 0 spiro atoms. The lowest BCUT2D eigenvalue weighted by molar-refractivity contribution is -0.137. The summed E-state index contributed by atoms with van der Waals surface area (Å²) >= 11 is 12.1. The van der Waals surface area contributed by atoms with Crippen molar-refractivity contribution >= 4 is 35.1 Å². The Balaban J connectivity index is 1.92. The highest BCUT2D eigenvalue weighted by atomic mass is 35.5. The molecule has 0 aliphatic carbocycles. The van der Waals surface area contributed by atoms with Gasteiger partial charge in [0.15, 0.2) is 5.82 Å². The van der Waals surface area contributed by atoms with Gasteiger partial charge in [0.1, 0.15) is 17.2 Å².